The van der Waals surface area contributed by atoms with Gasteiger partial charge in [-0.3, -0.25) is 9.59 Å². The molecule has 4 N–H and O–H groups in total. The van der Waals surface area contributed by atoms with E-state index < -0.39 is 0 Å². The van der Waals surface area contributed by atoms with Crippen LogP contribution in [0.4, 0.5) is 10.1 Å². The summed E-state index contributed by atoms with van der Waals surface area (Å²) in [6, 6.07) is 5.77. The number of hydrogen-bond donors (Lipinski definition) is 4. The number of carbonyl (C=O) groups excluding carboxylic acids is 2. The topological polar surface area (TPSA) is 67.1 Å². The van der Waals surface area contributed by atoms with Crippen LogP contribution in [0.3, 0.4) is 0 Å². The minimum absolute atomic E-state index is 0.0718. The fourth-order valence-electron chi connectivity index (χ4n) is 3.01. The first-order chi connectivity index (χ1) is 12.3. The van der Waals surface area contributed by atoms with Gasteiger partial charge < -0.3 is 20.4 Å². The van der Waals surface area contributed by atoms with Crippen LogP contribution in [-0.4, -0.2) is 56.6 Å². The van der Waals surface area contributed by atoms with E-state index in [1.807, 2.05) is 13.8 Å². The number of amides is 2. The Bertz CT molecular complexity index is 610. The van der Waals surface area contributed by atoms with Crippen molar-refractivity contribution in [2.24, 2.45) is 0 Å². The molecular formula is C19H31FN4O2+2. The van der Waals surface area contributed by atoms with Crippen LogP contribution < -0.4 is 20.4 Å². The predicted octanol–water partition coefficient (Wildman–Crippen LogP) is -1.15. The van der Waals surface area contributed by atoms with E-state index in [1.165, 1.54) is 21.9 Å². The largest absolute Gasteiger partial charge is 0.346 e. The summed E-state index contributed by atoms with van der Waals surface area (Å²) < 4.78 is 12.9. The Morgan fingerprint density at radius 1 is 1.00 bits per heavy atom. The van der Waals surface area contributed by atoms with Crippen molar-refractivity contribution in [1.82, 2.24) is 5.32 Å². The van der Waals surface area contributed by atoms with E-state index in [0.717, 1.165) is 32.6 Å². The predicted molar refractivity (Wildman–Crippen MR) is 98.7 cm³/mol. The highest BCUT2D eigenvalue weighted by molar-refractivity contribution is 5.91. The Hall–Kier alpha value is -1.99. The van der Waals surface area contributed by atoms with Crippen LogP contribution in [0.2, 0.25) is 0 Å². The molecule has 0 saturated carbocycles. The van der Waals surface area contributed by atoms with Gasteiger partial charge in [0.2, 0.25) is 0 Å². The zero-order chi connectivity index (χ0) is 19.2. The minimum atomic E-state index is -0.320. The van der Waals surface area contributed by atoms with E-state index in [2.05, 4.69) is 17.6 Å². The second-order valence-electron chi connectivity index (χ2n) is 7.69. The number of piperazine rings is 1. The number of hydrogen-bond acceptors (Lipinski definition) is 2. The molecule has 1 aliphatic rings. The third kappa shape index (κ3) is 6.72. The first-order valence-electron chi connectivity index (χ1n) is 9.31. The molecule has 0 radical (unpaired) electrons. The highest BCUT2D eigenvalue weighted by Crippen LogP contribution is 2.07. The summed E-state index contributed by atoms with van der Waals surface area (Å²) in [5.74, 6) is -0.305. The zero-order valence-electron chi connectivity index (χ0n) is 16.0. The van der Waals surface area contributed by atoms with Gasteiger partial charge in [0.25, 0.3) is 11.8 Å². The first-order valence-corrected chi connectivity index (χ1v) is 9.31. The van der Waals surface area contributed by atoms with Crippen molar-refractivity contribution in [3.8, 4) is 0 Å². The molecule has 0 aromatic heterocycles. The number of anilines is 1. The molecule has 1 aliphatic heterocycles. The summed E-state index contributed by atoms with van der Waals surface area (Å²) in [7, 11) is 0. The molecule has 0 unspecified atom stereocenters. The Labute approximate surface area is 154 Å². The molecule has 144 valence electrons. The van der Waals surface area contributed by atoms with Gasteiger partial charge in [-0.2, -0.15) is 0 Å². The van der Waals surface area contributed by atoms with Crippen LogP contribution in [0.25, 0.3) is 0 Å². The zero-order valence-corrected chi connectivity index (χ0v) is 16.0. The van der Waals surface area contributed by atoms with Gasteiger partial charge in [0, 0.05) is 11.2 Å². The average Bonchev–Trinajstić information content (AvgIpc) is 2.58. The van der Waals surface area contributed by atoms with Gasteiger partial charge in [-0.15, -0.1) is 0 Å². The molecule has 1 fully saturated rings. The lowest BCUT2D eigenvalue weighted by Crippen LogP contribution is -3.28. The van der Waals surface area contributed by atoms with E-state index in [0.29, 0.717) is 18.8 Å². The number of carbonyl (C=O) groups is 2. The normalized spacial score (nSPS) is 20.5. The summed E-state index contributed by atoms with van der Waals surface area (Å²) in [5.41, 5.74) is 0.442. The monoisotopic (exact) mass is 366 g/mol. The molecule has 26 heavy (non-hydrogen) atoms. The van der Waals surface area contributed by atoms with Crippen LogP contribution in [0, 0.1) is 5.82 Å². The second kappa shape index (κ2) is 9.09. The molecule has 0 aliphatic carbocycles. The molecule has 2 amide bonds. The smallest absolute Gasteiger partial charge is 0.279 e. The molecule has 1 heterocycles. The maximum absolute atomic E-state index is 12.9. The van der Waals surface area contributed by atoms with Crippen molar-refractivity contribution in [3.63, 3.8) is 0 Å². The van der Waals surface area contributed by atoms with Gasteiger partial charge in [0.1, 0.15) is 32.0 Å². The van der Waals surface area contributed by atoms with E-state index in [-0.39, 0.29) is 23.2 Å². The lowest BCUT2D eigenvalue weighted by molar-refractivity contribution is -1.00. The Morgan fingerprint density at radius 2 is 1.50 bits per heavy atom. The molecule has 2 rings (SSSR count). The molecule has 1 aromatic rings. The van der Waals surface area contributed by atoms with Gasteiger partial charge in [0.15, 0.2) is 13.1 Å². The number of quaternary nitrogens is 2. The summed E-state index contributed by atoms with van der Waals surface area (Å²) >= 11 is 0. The third-order valence-corrected chi connectivity index (χ3v) is 4.97. The van der Waals surface area contributed by atoms with E-state index >= 15 is 0 Å². The molecule has 1 saturated heterocycles. The molecule has 1 aromatic carbocycles. The Kier molecular flexibility index (Phi) is 7.11. The van der Waals surface area contributed by atoms with E-state index in [1.54, 1.807) is 12.1 Å². The maximum Gasteiger partial charge on any atom is 0.279 e. The number of rotatable bonds is 7. The molecule has 0 spiro atoms. The van der Waals surface area contributed by atoms with E-state index in [9.17, 15) is 14.0 Å². The average molecular weight is 366 g/mol. The van der Waals surface area contributed by atoms with Crippen molar-refractivity contribution in [2.75, 3.05) is 44.6 Å². The highest BCUT2D eigenvalue weighted by atomic mass is 19.1. The van der Waals surface area contributed by atoms with Gasteiger partial charge in [-0.25, -0.2) is 4.39 Å². The second-order valence-corrected chi connectivity index (χ2v) is 7.69. The summed E-state index contributed by atoms with van der Waals surface area (Å²) in [5, 5.41) is 5.87. The van der Waals surface area contributed by atoms with Crippen LogP contribution >= 0.6 is 0 Å². The molecule has 0 bridgehead atoms. The van der Waals surface area contributed by atoms with Crippen molar-refractivity contribution in [3.05, 3.63) is 30.1 Å². The Balaban J connectivity index is 1.70. The van der Waals surface area contributed by atoms with Crippen molar-refractivity contribution >= 4 is 17.5 Å². The maximum atomic E-state index is 12.9. The lowest BCUT2D eigenvalue weighted by Gasteiger charge is -2.30. The quantitative estimate of drug-likeness (QED) is 0.493. The van der Waals surface area contributed by atoms with Crippen LogP contribution in [0.15, 0.2) is 24.3 Å². The van der Waals surface area contributed by atoms with Crippen molar-refractivity contribution in [2.45, 2.75) is 32.7 Å². The number of benzene rings is 1. The van der Waals surface area contributed by atoms with Crippen LogP contribution in [0.5, 0.6) is 0 Å². The minimum Gasteiger partial charge on any atom is -0.346 e. The van der Waals surface area contributed by atoms with Gasteiger partial charge >= 0.3 is 0 Å². The number of nitrogens with one attached hydrogen (secondary N) is 4. The standard InChI is InChI=1S/C19H29FN4O2/c1-4-19(2,3)22-18(26)14-24-11-9-23(10-12-24)13-17(25)21-16-7-5-15(20)6-8-16/h5-8H,4,9-14H2,1-3H3,(H,21,25)(H,22,26)/p+2. The first kappa shape index (κ1) is 20.3. The van der Waals surface area contributed by atoms with Gasteiger partial charge in [0.05, 0.1) is 0 Å². The lowest BCUT2D eigenvalue weighted by atomic mass is 10.0. The van der Waals surface area contributed by atoms with Crippen molar-refractivity contribution < 1.29 is 23.8 Å². The SMILES string of the molecule is CCC(C)(C)NC(=O)C[NH+]1CC[NH+](CC(=O)Nc2ccc(F)cc2)CC1. The highest BCUT2D eigenvalue weighted by Gasteiger charge is 2.27. The van der Waals surface area contributed by atoms with Gasteiger partial charge in [-0.1, -0.05) is 6.92 Å². The molecule has 0 atom stereocenters. The summed E-state index contributed by atoms with van der Waals surface area (Å²) in [4.78, 5) is 26.7. The van der Waals surface area contributed by atoms with Crippen LogP contribution in [0.1, 0.15) is 27.2 Å². The van der Waals surface area contributed by atoms with Crippen molar-refractivity contribution in [1.29, 1.82) is 0 Å². The van der Waals surface area contributed by atoms with E-state index in [4.69, 9.17) is 0 Å². The Morgan fingerprint density at radius 3 is 2.00 bits per heavy atom. The van der Waals surface area contributed by atoms with Crippen LogP contribution in [-0.2, 0) is 9.59 Å². The summed E-state index contributed by atoms with van der Waals surface area (Å²) in [6.45, 7) is 10.5. The fraction of sp³-hybridized carbons (Fsp3) is 0.579. The fourth-order valence-corrected chi connectivity index (χ4v) is 3.01. The number of halogens is 1. The molecular weight excluding hydrogens is 335 g/mol. The third-order valence-electron chi connectivity index (χ3n) is 4.97. The molecule has 7 heteroatoms. The molecule has 6 nitrogen and oxygen atoms in total. The summed E-state index contributed by atoms with van der Waals surface area (Å²) in [6.07, 6.45) is 0.898. The van der Waals surface area contributed by atoms with Gasteiger partial charge in [-0.05, 0) is 44.5 Å².